The van der Waals surface area contributed by atoms with Crippen molar-refractivity contribution in [2.75, 3.05) is 27.3 Å². The molecule has 0 N–H and O–H groups in total. The minimum atomic E-state index is -4.02. The van der Waals surface area contributed by atoms with E-state index in [1.807, 2.05) is 0 Å². The van der Waals surface area contributed by atoms with Crippen LogP contribution in [0.15, 0.2) is 17.2 Å². The maximum Gasteiger partial charge on any atom is 0.270 e. The van der Waals surface area contributed by atoms with Crippen LogP contribution < -0.4 is 0 Å². The number of rotatable bonds is 7. The maximum atomic E-state index is 12.3. The molecule has 21 heavy (non-hydrogen) atoms. The Kier molecular flexibility index (Phi) is 6.11. The SMILES string of the molecule is COCCn1cc(S(=O)(=O)Cl)cc1C(=O)N(C)CC(F)F. The van der Waals surface area contributed by atoms with E-state index in [9.17, 15) is 22.0 Å². The third-order valence-electron chi connectivity index (χ3n) is 2.67. The van der Waals surface area contributed by atoms with Gasteiger partial charge in [0.1, 0.15) is 10.6 Å². The van der Waals surface area contributed by atoms with Gasteiger partial charge in [0.2, 0.25) is 0 Å². The maximum absolute atomic E-state index is 12.3. The van der Waals surface area contributed by atoms with E-state index in [1.54, 1.807) is 0 Å². The third-order valence-corrected chi connectivity index (χ3v) is 3.99. The van der Waals surface area contributed by atoms with Crippen molar-refractivity contribution in [2.24, 2.45) is 0 Å². The molecule has 0 saturated heterocycles. The lowest BCUT2D eigenvalue weighted by Gasteiger charge is -2.17. The van der Waals surface area contributed by atoms with Crippen LogP contribution in [-0.4, -0.2) is 57.5 Å². The van der Waals surface area contributed by atoms with Crippen molar-refractivity contribution in [2.45, 2.75) is 17.9 Å². The Hall–Kier alpha value is -1.19. The van der Waals surface area contributed by atoms with Crippen molar-refractivity contribution >= 4 is 25.6 Å². The summed E-state index contributed by atoms with van der Waals surface area (Å²) in [5.74, 6) is -0.724. The monoisotopic (exact) mass is 344 g/mol. The quantitative estimate of drug-likeness (QED) is 0.701. The number of alkyl halides is 2. The number of methoxy groups -OCH3 is 1. The second kappa shape index (κ2) is 7.19. The van der Waals surface area contributed by atoms with Gasteiger partial charge in [0, 0.05) is 37.6 Å². The molecule has 0 radical (unpaired) electrons. The van der Waals surface area contributed by atoms with Gasteiger partial charge in [-0.1, -0.05) is 0 Å². The van der Waals surface area contributed by atoms with Gasteiger partial charge in [-0.25, -0.2) is 17.2 Å². The number of ether oxygens (including phenoxy) is 1. The van der Waals surface area contributed by atoms with E-state index in [1.165, 1.54) is 24.9 Å². The molecular formula is C11H15ClF2N2O4S. The van der Waals surface area contributed by atoms with Gasteiger partial charge in [-0.3, -0.25) is 4.79 Å². The molecule has 0 aliphatic heterocycles. The molecular weight excluding hydrogens is 330 g/mol. The fourth-order valence-electron chi connectivity index (χ4n) is 1.66. The van der Waals surface area contributed by atoms with Gasteiger partial charge in [-0.15, -0.1) is 0 Å². The first-order valence-corrected chi connectivity index (χ1v) is 8.15. The van der Waals surface area contributed by atoms with Crippen molar-refractivity contribution in [3.8, 4) is 0 Å². The van der Waals surface area contributed by atoms with Crippen LogP contribution in [0.4, 0.5) is 8.78 Å². The molecule has 0 bridgehead atoms. The second-order valence-electron chi connectivity index (χ2n) is 4.26. The molecule has 0 saturated carbocycles. The lowest BCUT2D eigenvalue weighted by molar-refractivity contribution is 0.0609. The summed E-state index contributed by atoms with van der Waals surface area (Å²) in [5, 5.41) is 0. The van der Waals surface area contributed by atoms with E-state index >= 15 is 0 Å². The molecule has 1 rings (SSSR count). The Morgan fingerprint density at radius 2 is 2.14 bits per heavy atom. The number of carbonyl (C=O) groups is 1. The van der Waals surface area contributed by atoms with Gasteiger partial charge in [0.15, 0.2) is 0 Å². The molecule has 10 heteroatoms. The van der Waals surface area contributed by atoms with Crippen LogP contribution in [0.5, 0.6) is 0 Å². The van der Waals surface area contributed by atoms with Gasteiger partial charge in [-0.2, -0.15) is 0 Å². The van der Waals surface area contributed by atoms with Gasteiger partial charge >= 0.3 is 0 Å². The topological polar surface area (TPSA) is 68.6 Å². The minimum Gasteiger partial charge on any atom is -0.383 e. The summed E-state index contributed by atoms with van der Waals surface area (Å²) in [4.78, 5) is 12.6. The lowest BCUT2D eigenvalue weighted by atomic mass is 10.3. The Morgan fingerprint density at radius 3 is 2.62 bits per heavy atom. The largest absolute Gasteiger partial charge is 0.383 e. The molecule has 1 heterocycles. The van der Waals surface area contributed by atoms with Crippen molar-refractivity contribution in [3.63, 3.8) is 0 Å². The molecule has 1 aromatic heterocycles. The van der Waals surface area contributed by atoms with Gasteiger partial charge < -0.3 is 14.2 Å². The summed E-state index contributed by atoms with van der Waals surface area (Å²) in [5.41, 5.74) is -0.0468. The van der Waals surface area contributed by atoms with E-state index in [-0.39, 0.29) is 23.7 Å². The number of nitrogens with zero attached hydrogens (tertiary/aromatic N) is 2. The molecule has 120 valence electrons. The predicted octanol–water partition coefficient (Wildman–Crippen LogP) is 1.40. The molecule has 1 aromatic rings. The highest BCUT2D eigenvalue weighted by molar-refractivity contribution is 8.13. The van der Waals surface area contributed by atoms with Gasteiger partial charge in [0.25, 0.3) is 21.4 Å². The predicted molar refractivity (Wildman–Crippen MR) is 72.3 cm³/mol. The van der Waals surface area contributed by atoms with E-state index < -0.39 is 27.9 Å². The van der Waals surface area contributed by atoms with Crippen molar-refractivity contribution in [1.82, 2.24) is 9.47 Å². The summed E-state index contributed by atoms with van der Waals surface area (Å²) in [6, 6.07) is 1.06. The molecule has 0 unspecified atom stereocenters. The van der Waals surface area contributed by atoms with Gasteiger partial charge in [0.05, 0.1) is 13.2 Å². The Labute approximate surface area is 125 Å². The van der Waals surface area contributed by atoms with E-state index in [2.05, 4.69) is 0 Å². The average Bonchev–Trinajstić information content (AvgIpc) is 2.78. The number of hydrogen-bond acceptors (Lipinski definition) is 4. The normalized spacial score (nSPS) is 11.9. The summed E-state index contributed by atoms with van der Waals surface area (Å²) >= 11 is 0. The number of amides is 1. The first-order valence-electron chi connectivity index (χ1n) is 5.84. The van der Waals surface area contributed by atoms with Crippen LogP contribution in [-0.2, 0) is 20.3 Å². The zero-order valence-electron chi connectivity index (χ0n) is 11.4. The Morgan fingerprint density at radius 1 is 1.52 bits per heavy atom. The molecule has 0 aliphatic carbocycles. The molecule has 1 amide bonds. The van der Waals surface area contributed by atoms with Crippen LogP contribution in [0, 0.1) is 0 Å². The number of carbonyl (C=O) groups excluding carboxylic acids is 1. The minimum absolute atomic E-state index is 0.0468. The Bertz CT molecular complexity index is 603. The van der Waals surface area contributed by atoms with Crippen LogP contribution in [0.1, 0.15) is 10.5 Å². The van der Waals surface area contributed by atoms with Crippen LogP contribution in [0.3, 0.4) is 0 Å². The first kappa shape index (κ1) is 17.9. The molecule has 0 spiro atoms. The van der Waals surface area contributed by atoms with Crippen LogP contribution in [0.2, 0.25) is 0 Å². The van der Waals surface area contributed by atoms with Crippen molar-refractivity contribution < 1.29 is 26.7 Å². The highest BCUT2D eigenvalue weighted by atomic mass is 35.7. The third kappa shape index (κ3) is 4.94. The van der Waals surface area contributed by atoms with Gasteiger partial charge in [-0.05, 0) is 6.07 Å². The fraction of sp³-hybridized carbons (Fsp3) is 0.545. The average molecular weight is 345 g/mol. The van der Waals surface area contributed by atoms with Crippen molar-refractivity contribution in [1.29, 1.82) is 0 Å². The van der Waals surface area contributed by atoms with Crippen LogP contribution in [0.25, 0.3) is 0 Å². The number of halogens is 3. The molecule has 0 aromatic carbocycles. The zero-order chi connectivity index (χ0) is 16.2. The van der Waals surface area contributed by atoms with Crippen molar-refractivity contribution in [3.05, 3.63) is 18.0 Å². The number of hydrogen-bond donors (Lipinski definition) is 0. The summed E-state index contributed by atoms with van der Waals surface area (Å²) in [6.45, 7) is -0.348. The smallest absolute Gasteiger partial charge is 0.270 e. The zero-order valence-corrected chi connectivity index (χ0v) is 13.0. The molecule has 0 atom stereocenters. The summed E-state index contributed by atoms with van der Waals surface area (Å²) < 4.78 is 53.4. The fourth-order valence-corrected chi connectivity index (χ4v) is 2.41. The molecule has 0 fully saturated rings. The lowest BCUT2D eigenvalue weighted by Crippen LogP contribution is -2.32. The van der Waals surface area contributed by atoms with Crippen LogP contribution >= 0.6 is 10.7 Å². The number of aromatic nitrogens is 1. The highest BCUT2D eigenvalue weighted by Crippen LogP contribution is 2.20. The standard InChI is InChI=1S/C11H15ClF2N2O4S/c1-15(7-10(13)14)11(17)9-5-8(21(12,18)19)6-16(9)3-4-20-2/h5-6,10H,3-4,7H2,1-2H3. The second-order valence-corrected chi connectivity index (χ2v) is 6.83. The summed E-state index contributed by atoms with van der Waals surface area (Å²) in [7, 11) is 3.85. The highest BCUT2D eigenvalue weighted by Gasteiger charge is 2.23. The molecule has 6 nitrogen and oxygen atoms in total. The Balaban J connectivity index is 3.13. The van der Waals surface area contributed by atoms with E-state index in [0.29, 0.717) is 0 Å². The van der Waals surface area contributed by atoms with E-state index in [0.717, 1.165) is 11.0 Å². The van der Waals surface area contributed by atoms with E-state index in [4.69, 9.17) is 15.4 Å². The molecule has 0 aliphatic rings. The summed E-state index contributed by atoms with van der Waals surface area (Å²) in [6.07, 6.45) is -1.51. The first-order chi connectivity index (χ1) is 9.66.